The molecule has 1 amide bonds. The second-order valence-electron chi connectivity index (χ2n) is 7.87. The Bertz CT molecular complexity index is 1000. The number of likely N-dealkylation sites (tertiary alicyclic amines) is 1. The lowest BCUT2D eigenvalue weighted by molar-refractivity contribution is -0.139. The van der Waals surface area contributed by atoms with E-state index in [4.69, 9.17) is 0 Å². The third kappa shape index (κ3) is 4.67. The fourth-order valence-electron chi connectivity index (χ4n) is 4.05. The zero-order valence-electron chi connectivity index (χ0n) is 16.2. The molecule has 2 fully saturated rings. The summed E-state index contributed by atoms with van der Waals surface area (Å²) in [6, 6.07) is 5.70. The molecule has 2 aliphatic rings. The Labute approximate surface area is 174 Å². The molecule has 2 heterocycles. The summed E-state index contributed by atoms with van der Waals surface area (Å²) in [7, 11) is -3.38. The minimum Gasteiger partial charge on any atom is -0.337 e. The number of hydrogen-bond acceptors (Lipinski definition) is 5. The molecule has 9 heteroatoms. The van der Waals surface area contributed by atoms with Gasteiger partial charge < -0.3 is 4.90 Å². The van der Waals surface area contributed by atoms with Crippen molar-refractivity contribution in [2.75, 3.05) is 12.8 Å². The van der Waals surface area contributed by atoms with Crippen LogP contribution in [0.1, 0.15) is 31.4 Å². The highest BCUT2D eigenvalue weighted by Crippen LogP contribution is 2.33. The van der Waals surface area contributed by atoms with E-state index in [9.17, 15) is 17.6 Å². The number of nitrogens with one attached hydrogen (secondary N) is 1. The van der Waals surface area contributed by atoms with Gasteiger partial charge in [-0.05, 0) is 31.4 Å². The summed E-state index contributed by atoms with van der Waals surface area (Å²) >= 11 is 1.42. The molecule has 156 valence electrons. The second-order valence-corrected chi connectivity index (χ2v) is 10.5. The molecule has 4 rings (SSSR count). The first kappa shape index (κ1) is 20.4. The average Bonchev–Trinajstić information content (AvgIpc) is 3.20. The molecule has 0 radical (unpaired) electrons. The van der Waals surface area contributed by atoms with E-state index in [0.717, 1.165) is 31.2 Å². The Kier molecular flexibility index (Phi) is 5.72. The van der Waals surface area contributed by atoms with Crippen LogP contribution < -0.4 is 4.72 Å². The van der Waals surface area contributed by atoms with Crippen molar-refractivity contribution in [3.05, 3.63) is 41.2 Å². The van der Waals surface area contributed by atoms with Crippen LogP contribution in [0.5, 0.6) is 0 Å². The fourth-order valence-corrected chi connectivity index (χ4v) is 5.71. The Hall–Kier alpha value is -1.84. The summed E-state index contributed by atoms with van der Waals surface area (Å²) in [4.78, 5) is 19.4. The summed E-state index contributed by atoms with van der Waals surface area (Å²) in [5.41, 5.74) is 1.49. The van der Waals surface area contributed by atoms with Crippen molar-refractivity contribution in [1.82, 2.24) is 14.6 Å². The summed E-state index contributed by atoms with van der Waals surface area (Å²) in [6.07, 6.45) is 5.10. The lowest BCUT2D eigenvalue weighted by Crippen LogP contribution is -2.49. The number of hydrogen-bond donors (Lipinski definition) is 1. The van der Waals surface area contributed by atoms with Crippen LogP contribution in [0, 0.1) is 11.7 Å². The Balaban J connectivity index is 1.55. The van der Waals surface area contributed by atoms with Crippen LogP contribution >= 0.6 is 11.3 Å². The first-order valence-electron chi connectivity index (χ1n) is 9.78. The molecular weight excluding hydrogens is 413 g/mol. The molecule has 1 N–H and O–H groups in total. The zero-order chi connectivity index (χ0) is 20.6. The number of halogens is 1. The highest BCUT2D eigenvalue weighted by Gasteiger charge is 2.41. The molecule has 2 aromatic rings. The van der Waals surface area contributed by atoms with Crippen LogP contribution in [0.15, 0.2) is 29.6 Å². The minimum atomic E-state index is -3.38. The topological polar surface area (TPSA) is 79.4 Å². The number of carbonyl (C=O) groups is 1. The first-order valence-corrected chi connectivity index (χ1v) is 12.6. The van der Waals surface area contributed by atoms with Gasteiger partial charge in [0.2, 0.25) is 15.9 Å². The smallest absolute Gasteiger partial charge is 0.225 e. The SMILES string of the molecule is CS(=O)(=O)N[C@@H]1CCN(C(=O)C2CCC2)[C@@H]1Cc1csc(-c2cccc(F)c2)n1. The van der Waals surface area contributed by atoms with Crippen LogP contribution in [0.3, 0.4) is 0 Å². The quantitative estimate of drug-likeness (QED) is 0.754. The summed E-state index contributed by atoms with van der Waals surface area (Å²) in [6.45, 7) is 0.550. The molecule has 1 saturated carbocycles. The monoisotopic (exact) mass is 437 g/mol. The van der Waals surface area contributed by atoms with Gasteiger partial charge in [-0.25, -0.2) is 22.5 Å². The van der Waals surface area contributed by atoms with Crippen LogP contribution in [0.2, 0.25) is 0 Å². The normalized spacial score (nSPS) is 22.6. The molecule has 1 aromatic carbocycles. The molecule has 1 aliphatic heterocycles. The number of aromatic nitrogens is 1. The molecule has 6 nitrogen and oxygen atoms in total. The lowest BCUT2D eigenvalue weighted by atomic mass is 9.84. The standard InChI is InChI=1S/C20H24FN3O3S2/c1-29(26,27)23-17-8-9-24(20(25)13-4-2-5-13)18(17)11-16-12-28-19(22-16)14-6-3-7-15(21)10-14/h3,6-7,10,12-13,17-18,23H,2,4-5,8-9,11H2,1H3/t17-,18-/m1/s1. The van der Waals surface area contributed by atoms with E-state index in [2.05, 4.69) is 9.71 Å². The van der Waals surface area contributed by atoms with E-state index < -0.39 is 10.0 Å². The van der Waals surface area contributed by atoms with Crippen molar-refractivity contribution in [2.24, 2.45) is 5.92 Å². The van der Waals surface area contributed by atoms with Crippen molar-refractivity contribution >= 4 is 27.3 Å². The number of amides is 1. The predicted molar refractivity (Wildman–Crippen MR) is 110 cm³/mol. The number of rotatable bonds is 6. The molecular formula is C20H24FN3O3S2. The Morgan fingerprint density at radius 3 is 2.79 bits per heavy atom. The maximum Gasteiger partial charge on any atom is 0.225 e. The fraction of sp³-hybridized carbons (Fsp3) is 0.500. The van der Waals surface area contributed by atoms with Gasteiger partial charge in [-0.2, -0.15) is 0 Å². The number of nitrogens with zero attached hydrogens (tertiary/aromatic N) is 2. The Morgan fingerprint density at radius 2 is 2.14 bits per heavy atom. The van der Waals surface area contributed by atoms with Crippen molar-refractivity contribution in [1.29, 1.82) is 0 Å². The second kappa shape index (κ2) is 8.12. The minimum absolute atomic E-state index is 0.0628. The van der Waals surface area contributed by atoms with E-state index in [1.54, 1.807) is 6.07 Å². The van der Waals surface area contributed by atoms with Crippen LogP contribution in [0.25, 0.3) is 10.6 Å². The van der Waals surface area contributed by atoms with Gasteiger partial charge in [0.15, 0.2) is 0 Å². The predicted octanol–water partition coefficient (Wildman–Crippen LogP) is 2.81. The first-order chi connectivity index (χ1) is 13.8. The maximum atomic E-state index is 13.5. The molecule has 0 unspecified atom stereocenters. The van der Waals surface area contributed by atoms with Gasteiger partial charge in [-0.3, -0.25) is 4.79 Å². The van der Waals surface area contributed by atoms with Gasteiger partial charge in [0.1, 0.15) is 10.8 Å². The highest BCUT2D eigenvalue weighted by molar-refractivity contribution is 7.88. The molecule has 2 atom stereocenters. The lowest BCUT2D eigenvalue weighted by Gasteiger charge is -2.34. The van der Waals surface area contributed by atoms with E-state index in [0.29, 0.717) is 30.0 Å². The number of carbonyl (C=O) groups excluding carboxylic acids is 1. The average molecular weight is 438 g/mol. The molecule has 29 heavy (non-hydrogen) atoms. The van der Waals surface area contributed by atoms with Crippen LogP contribution in [0.4, 0.5) is 4.39 Å². The van der Waals surface area contributed by atoms with E-state index in [-0.39, 0.29) is 29.7 Å². The zero-order valence-corrected chi connectivity index (χ0v) is 17.8. The Morgan fingerprint density at radius 1 is 1.34 bits per heavy atom. The van der Waals surface area contributed by atoms with Crippen molar-refractivity contribution < 1.29 is 17.6 Å². The van der Waals surface area contributed by atoms with Gasteiger partial charge in [0.25, 0.3) is 0 Å². The van der Waals surface area contributed by atoms with Crippen LogP contribution in [-0.4, -0.2) is 49.1 Å². The number of benzene rings is 1. The van der Waals surface area contributed by atoms with Gasteiger partial charge in [-0.1, -0.05) is 18.6 Å². The van der Waals surface area contributed by atoms with E-state index >= 15 is 0 Å². The number of sulfonamides is 1. The third-order valence-electron chi connectivity index (χ3n) is 5.69. The van der Waals surface area contributed by atoms with Crippen molar-refractivity contribution in [3.8, 4) is 10.6 Å². The summed E-state index contributed by atoms with van der Waals surface area (Å²) in [5, 5.41) is 2.62. The molecule has 1 aromatic heterocycles. The molecule has 0 spiro atoms. The van der Waals surface area contributed by atoms with Crippen LogP contribution in [-0.2, 0) is 21.2 Å². The highest BCUT2D eigenvalue weighted by atomic mass is 32.2. The van der Waals surface area contributed by atoms with Gasteiger partial charge in [0.05, 0.1) is 18.0 Å². The molecule has 1 saturated heterocycles. The third-order valence-corrected chi connectivity index (χ3v) is 7.36. The summed E-state index contributed by atoms with van der Waals surface area (Å²) < 4.78 is 39.9. The van der Waals surface area contributed by atoms with E-state index in [1.807, 2.05) is 16.3 Å². The van der Waals surface area contributed by atoms with Crippen molar-refractivity contribution in [2.45, 2.75) is 44.2 Å². The molecule has 1 aliphatic carbocycles. The van der Waals surface area contributed by atoms with Gasteiger partial charge >= 0.3 is 0 Å². The largest absolute Gasteiger partial charge is 0.337 e. The maximum absolute atomic E-state index is 13.5. The van der Waals surface area contributed by atoms with E-state index in [1.165, 1.54) is 23.5 Å². The summed E-state index contributed by atoms with van der Waals surface area (Å²) in [5.74, 6) is -0.128. The van der Waals surface area contributed by atoms with Crippen molar-refractivity contribution in [3.63, 3.8) is 0 Å². The van der Waals surface area contributed by atoms with Gasteiger partial charge in [-0.15, -0.1) is 11.3 Å². The number of thiazole rings is 1. The van der Waals surface area contributed by atoms with Gasteiger partial charge in [0, 0.05) is 35.9 Å². The molecule has 0 bridgehead atoms.